The number of hydrogen-bond acceptors (Lipinski definition) is 2. The summed E-state index contributed by atoms with van der Waals surface area (Å²) in [5, 5.41) is 0. The van der Waals surface area contributed by atoms with E-state index in [1.54, 1.807) is 0 Å². The molecule has 0 saturated heterocycles. The maximum Gasteiger partial charge on any atom is 0.134 e. The largest absolute Gasteiger partial charge is 0.327 e. The number of carbonyl (C=O) groups is 1. The van der Waals surface area contributed by atoms with Crippen molar-refractivity contribution in [1.29, 1.82) is 0 Å². The minimum absolute atomic E-state index is 0.0793. The van der Waals surface area contributed by atoms with Crippen LogP contribution in [0.5, 0.6) is 0 Å². The molecular weight excluding hydrogens is 186 g/mol. The highest BCUT2D eigenvalue weighted by molar-refractivity contribution is 5.78. The van der Waals surface area contributed by atoms with Gasteiger partial charge < -0.3 is 5.73 Å². The second kappa shape index (κ2) is 9.91. The molecule has 0 aromatic carbocycles. The molecule has 0 spiro atoms. The molecule has 15 heavy (non-hydrogen) atoms. The van der Waals surface area contributed by atoms with Gasteiger partial charge in [-0.2, -0.15) is 0 Å². The maximum absolute atomic E-state index is 11.5. The van der Waals surface area contributed by atoms with Crippen LogP contribution in [-0.2, 0) is 4.79 Å². The van der Waals surface area contributed by atoms with E-state index in [-0.39, 0.29) is 6.04 Å². The topological polar surface area (TPSA) is 43.1 Å². The van der Waals surface area contributed by atoms with Gasteiger partial charge in [-0.3, -0.25) is 4.79 Å². The number of Topliss-reactive ketones (excluding diaryl/α,β-unsaturated/α-hetero) is 1. The smallest absolute Gasteiger partial charge is 0.134 e. The summed E-state index contributed by atoms with van der Waals surface area (Å²) in [5.74, 6) is 0.328. The second-order valence-electron chi connectivity index (χ2n) is 4.18. The highest BCUT2D eigenvalue weighted by Gasteiger charge is 2.07. The molecule has 0 heterocycles. The molecule has 0 aliphatic rings. The summed E-state index contributed by atoms with van der Waals surface area (Å²) in [4.78, 5) is 11.5. The van der Waals surface area contributed by atoms with Gasteiger partial charge in [0.15, 0.2) is 0 Å². The first-order valence-corrected chi connectivity index (χ1v) is 6.08. The Bertz CT molecular complexity index is 177. The third kappa shape index (κ3) is 9.67. The van der Waals surface area contributed by atoms with Crippen LogP contribution in [0.4, 0.5) is 0 Å². The number of carbonyl (C=O) groups excluding carboxylic acids is 1. The lowest BCUT2D eigenvalue weighted by atomic mass is 10.0. The summed E-state index contributed by atoms with van der Waals surface area (Å²) in [6, 6.07) is 0.0793. The van der Waals surface area contributed by atoms with Crippen LogP contribution in [0.3, 0.4) is 0 Å². The minimum atomic E-state index is 0.0793. The lowest BCUT2D eigenvalue weighted by Crippen LogP contribution is -2.23. The van der Waals surface area contributed by atoms with Crippen LogP contribution >= 0.6 is 0 Å². The van der Waals surface area contributed by atoms with Crippen molar-refractivity contribution < 1.29 is 4.79 Å². The first kappa shape index (κ1) is 14.4. The van der Waals surface area contributed by atoms with Gasteiger partial charge in [-0.25, -0.2) is 0 Å². The Kier molecular flexibility index (Phi) is 9.49. The van der Waals surface area contributed by atoms with Crippen LogP contribution in [-0.4, -0.2) is 11.8 Å². The molecule has 0 aliphatic heterocycles. The van der Waals surface area contributed by atoms with Gasteiger partial charge in [-0.15, -0.1) is 6.58 Å². The predicted octanol–water partition coefficient (Wildman–Crippen LogP) is 3.21. The Balaban J connectivity index is 3.36. The molecule has 2 N–H and O–H groups in total. The fourth-order valence-corrected chi connectivity index (χ4v) is 1.65. The lowest BCUT2D eigenvalue weighted by Gasteiger charge is -2.08. The quantitative estimate of drug-likeness (QED) is 0.445. The van der Waals surface area contributed by atoms with E-state index in [1.165, 1.54) is 0 Å². The average Bonchev–Trinajstić information content (AvgIpc) is 2.17. The van der Waals surface area contributed by atoms with E-state index in [9.17, 15) is 4.79 Å². The first-order chi connectivity index (χ1) is 7.20. The molecule has 0 aromatic heterocycles. The van der Waals surface area contributed by atoms with Crippen LogP contribution < -0.4 is 5.73 Å². The Morgan fingerprint density at radius 3 is 2.73 bits per heavy atom. The Hall–Kier alpha value is -0.630. The number of unbranched alkanes of at least 4 members (excludes halogenated alkanes) is 3. The van der Waals surface area contributed by atoms with Gasteiger partial charge >= 0.3 is 0 Å². The van der Waals surface area contributed by atoms with Crippen molar-refractivity contribution in [3.63, 3.8) is 0 Å². The van der Waals surface area contributed by atoms with Crippen molar-refractivity contribution in [2.45, 2.75) is 64.3 Å². The van der Waals surface area contributed by atoms with E-state index < -0.39 is 0 Å². The Morgan fingerprint density at radius 2 is 2.13 bits per heavy atom. The molecule has 0 aliphatic carbocycles. The number of hydrogen-bond donors (Lipinski definition) is 1. The van der Waals surface area contributed by atoms with Gasteiger partial charge in [0.05, 0.1) is 0 Å². The minimum Gasteiger partial charge on any atom is -0.327 e. The van der Waals surface area contributed by atoms with Gasteiger partial charge in [0.2, 0.25) is 0 Å². The molecule has 0 fully saturated rings. The first-order valence-electron chi connectivity index (χ1n) is 6.08. The van der Waals surface area contributed by atoms with Gasteiger partial charge in [-0.1, -0.05) is 25.8 Å². The van der Waals surface area contributed by atoms with Crippen molar-refractivity contribution in [2.75, 3.05) is 0 Å². The fourth-order valence-electron chi connectivity index (χ4n) is 1.65. The summed E-state index contributed by atoms with van der Waals surface area (Å²) >= 11 is 0. The zero-order chi connectivity index (χ0) is 11.5. The summed E-state index contributed by atoms with van der Waals surface area (Å²) in [6.07, 6.45) is 9.56. The average molecular weight is 211 g/mol. The van der Waals surface area contributed by atoms with Crippen molar-refractivity contribution in [2.24, 2.45) is 5.73 Å². The zero-order valence-corrected chi connectivity index (χ0v) is 10.0. The zero-order valence-electron chi connectivity index (χ0n) is 10.0. The number of allylic oxidation sites excluding steroid dienone is 1. The van der Waals surface area contributed by atoms with E-state index in [4.69, 9.17) is 5.73 Å². The Labute approximate surface area is 93.9 Å². The fraction of sp³-hybridized carbons (Fsp3) is 0.769. The molecule has 1 unspecified atom stereocenters. The summed E-state index contributed by atoms with van der Waals surface area (Å²) in [7, 11) is 0. The Morgan fingerprint density at radius 1 is 1.40 bits per heavy atom. The SMILES string of the molecule is C=CCCCCCC(=O)CC(N)CCC. The van der Waals surface area contributed by atoms with Gasteiger partial charge in [0, 0.05) is 18.9 Å². The van der Waals surface area contributed by atoms with Gasteiger partial charge in [-0.05, 0) is 25.7 Å². The molecule has 2 nitrogen and oxygen atoms in total. The maximum atomic E-state index is 11.5. The number of rotatable bonds is 10. The van der Waals surface area contributed by atoms with E-state index >= 15 is 0 Å². The molecule has 0 radical (unpaired) electrons. The van der Waals surface area contributed by atoms with Crippen molar-refractivity contribution in [1.82, 2.24) is 0 Å². The predicted molar refractivity (Wildman–Crippen MR) is 65.8 cm³/mol. The van der Waals surface area contributed by atoms with E-state index in [1.807, 2.05) is 6.08 Å². The van der Waals surface area contributed by atoms with Crippen LogP contribution in [0.25, 0.3) is 0 Å². The molecule has 88 valence electrons. The number of nitrogens with two attached hydrogens (primary N) is 1. The van der Waals surface area contributed by atoms with Crippen molar-refractivity contribution in [3.8, 4) is 0 Å². The van der Waals surface area contributed by atoms with Crippen LogP contribution in [0.2, 0.25) is 0 Å². The van der Waals surface area contributed by atoms with Crippen LogP contribution in [0.1, 0.15) is 58.3 Å². The molecule has 0 saturated carbocycles. The third-order valence-electron chi connectivity index (χ3n) is 2.51. The van der Waals surface area contributed by atoms with Crippen molar-refractivity contribution >= 4 is 5.78 Å². The molecule has 0 amide bonds. The highest BCUT2D eigenvalue weighted by atomic mass is 16.1. The molecule has 1 atom stereocenters. The van der Waals surface area contributed by atoms with E-state index in [0.717, 1.165) is 38.5 Å². The normalized spacial score (nSPS) is 12.4. The van der Waals surface area contributed by atoms with E-state index in [0.29, 0.717) is 18.6 Å². The monoisotopic (exact) mass is 211 g/mol. The molecule has 0 bridgehead atoms. The summed E-state index contributed by atoms with van der Waals surface area (Å²) < 4.78 is 0. The van der Waals surface area contributed by atoms with E-state index in [2.05, 4.69) is 13.5 Å². The van der Waals surface area contributed by atoms with Crippen LogP contribution in [0, 0.1) is 0 Å². The van der Waals surface area contributed by atoms with Gasteiger partial charge in [0.25, 0.3) is 0 Å². The lowest BCUT2D eigenvalue weighted by molar-refractivity contribution is -0.119. The molecule has 0 rings (SSSR count). The van der Waals surface area contributed by atoms with Crippen molar-refractivity contribution in [3.05, 3.63) is 12.7 Å². The summed E-state index contributed by atoms with van der Waals surface area (Å²) in [6.45, 7) is 5.77. The third-order valence-corrected chi connectivity index (χ3v) is 2.51. The number of ketones is 1. The standard InChI is InChI=1S/C13H25NO/c1-3-5-6-7-8-10-13(15)11-12(14)9-4-2/h3,12H,1,4-11,14H2,2H3. The van der Waals surface area contributed by atoms with Gasteiger partial charge in [0.1, 0.15) is 5.78 Å². The van der Waals surface area contributed by atoms with Crippen LogP contribution in [0.15, 0.2) is 12.7 Å². The second-order valence-corrected chi connectivity index (χ2v) is 4.18. The molecule has 0 aromatic rings. The summed E-state index contributed by atoms with van der Waals surface area (Å²) in [5.41, 5.74) is 5.80. The molecule has 2 heteroatoms. The molecular formula is C13H25NO. The highest BCUT2D eigenvalue weighted by Crippen LogP contribution is 2.07.